The second-order valence-corrected chi connectivity index (χ2v) is 20.4. The summed E-state index contributed by atoms with van der Waals surface area (Å²) in [4.78, 5) is 18.7. The van der Waals surface area contributed by atoms with E-state index >= 15 is 0 Å². The van der Waals surface area contributed by atoms with Gasteiger partial charge in [-0.2, -0.15) is 22.7 Å². The monoisotopic (exact) mass is 1530 g/mol. The number of benzene rings is 1. The Hall–Kier alpha value is -7.95. The van der Waals surface area contributed by atoms with Crippen molar-refractivity contribution >= 4 is 45.3 Å². The molecule has 0 fully saturated rings. The average molecular weight is 1530 g/mol. The number of furan rings is 3. The number of aryl methyl sites for hydroxylation is 13. The molecule has 0 unspecified atom stereocenters. The van der Waals surface area contributed by atoms with Crippen molar-refractivity contribution < 1.29 is 22.1 Å². The molecular formula is C90H158N6O5S4. The van der Waals surface area contributed by atoms with Gasteiger partial charge in [0.15, 0.2) is 12.3 Å². The van der Waals surface area contributed by atoms with Crippen molar-refractivity contribution in [3.8, 4) is 0 Å². The van der Waals surface area contributed by atoms with E-state index in [1.165, 1.54) is 50.3 Å². The standard InChI is InChI=1S/C7H8.3C5H7N.3C5H6O.3C5H6S.2C4H5NO.C4H5NS.13C2H6/c1-7-5-3-2-4-6-7;1-5-2-3-6-4-5;1-6-4-2-3-5-6;1-5-3-2-4-6-5;2*1-5-2-3-6-4-5;1-5-3-2-4-6-5;2*1-5-2-3-6-4-5;1-5-3-2-4-6-5;1-4-2-5-3-6-4;2*1-4-5-2-3-6-4;13*1-2/h2-6H,1H3;2-4,6H,1H3;2-5H,1H3;2-4,6H,1H3;6*2-4H,1H3;3*2-3H,1H3;13*1-2H3. The quantitative estimate of drug-likeness (QED) is 0.153. The molecule has 0 saturated heterocycles. The summed E-state index contributed by atoms with van der Waals surface area (Å²) < 4.78 is 25.7. The van der Waals surface area contributed by atoms with Gasteiger partial charge in [-0.3, -0.25) is 4.98 Å². The van der Waals surface area contributed by atoms with Crippen LogP contribution in [0.15, 0.2) is 257 Å². The number of hydrogen-bond acceptors (Lipinski definition) is 12. The maximum Gasteiger partial charge on any atom is 0.190 e. The Bertz CT molecular complexity index is 2340. The Kier molecular flexibility index (Phi) is 148. The number of thiazole rings is 1. The van der Waals surface area contributed by atoms with E-state index < -0.39 is 0 Å². The average Bonchev–Trinajstić information content (AvgIpc) is 3.05. The first-order valence-corrected chi connectivity index (χ1v) is 41.6. The van der Waals surface area contributed by atoms with Crippen LogP contribution in [0.3, 0.4) is 0 Å². The zero-order valence-corrected chi connectivity index (χ0v) is 77.2. The SMILES string of the molecule is CC.CC.CC.CC.CC.CC.CC.CC.CC.CC.CC.CC.CC.Cc1cc[nH]c1.Cc1ccc[nH]1.Cc1ccccc1.Cc1ccco1.Cc1cccs1.Cc1ccoc1.Cc1ccoc1.Cc1ccsc1.Cc1ccsc1.Cc1cnco1.Cc1ncco1.Cc1nccs1.Cn1cccc1. The fourth-order valence-electron chi connectivity index (χ4n) is 4.70. The van der Waals surface area contributed by atoms with Crippen molar-refractivity contribution in [2.24, 2.45) is 7.05 Å². The fraction of sp³-hybridized carbons (Fsp3) is 0.433. The minimum absolute atomic E-state index is 0.718. The van der Waals surface area contributed by atoms with E-state index in [2.05, 4.69) is 123 Å². The van der Waals surface area contributed by atoms with Crippen LogP contribution < -0.4 is 0 Å². The van der Waals surface area contributed by atoms with Gasteiger partial charge in [0.25, 0.3) is 0 Å². The largest absolute Gasteiger partial charge is 0.472 e. The Morgan fingerprint density at radius 2 is 0.857 bits per heavy atom. The normalized spacial score (nSPS) is 7.38. The van der Waals surface area contributed by atoms with Gasteiger partial charge in [0.05, 0.1) is 48.7 Å². The Morgan fingerprint density at radius 3 is 0.971 bits per heavy atom. The lowest BCUT2D eigenvalue weighted by Gasteiger charge is -1.82. The van der Waals surface area contributed by atoms with Crippen LogP contribution in [0.5, 0.6) is 0 Å². The molecule has 15 heteroatoms. The van der Waals surface area contributed by atoms with Gasteiger partial charge in [-0.25, -0.2) is 9.97 Å². The highest BCUT2D eigenvalue weighted by molar-refractivity contribution is 7.10. The Morgan fingerprint density at radius 1 is 0.362 bits per heavy atom. The molecule has 13 rings (SSSR count). The second kappa shape index (κ2) is 123. The zero-order valence-electron chi connectivity index (χ0n) is 74.0. The summed E-state index contributed by atoms with van der Waals surface area (Å²) in [6, 6.07) is 36.3. The van der Waals surface area contributed by atoms with Gasteiger partial charge in [-0.1, -0.05) is 222 Å². The third-order valence-corrected chi connectivity index (χ3v) is 12.0. The maximum absolute atomic E-state index is 4.83. The van der Waals surface area contributed by atoms with E-state index in [0.717, 1.165) is 22.4 Å². The van der Waals surface area contributed by atoms with Crippen LogP contribution in [0.4, 0.5) is 0 Å². The highest BCUT2D eigenvalue weighted by Crippen LogP contribution is 2.05. The maximum atomic E-state index is 4.83. The molecule has 105 heavy (non-hydrogen) atoms. The molecule has 0 bridgehead atoms. The topological polar surface area (TPSA) is 141 Å². The molecule has 11 nitrogen and oxygen atoms in total. The Balaban J connectivity index is -0.0000000774. The number of aromatic nitrogens is 6. The molecule has 0 spiro atoms. The van der Waals surface area contributed by atoms with Crippen molar-refractivity contribution in [2.75, 3.05) is 0 Å². The minimum Gasteiger partial charge on any atom is -0.472 e. The van der Waals surface area contributed by atoms with Crippen LogP contribution in [0.2, 0.25) is 0 Å². The molecule has 0 atom stereocenters. The van der Waals surface area contributed by atoms with E-state index in [4.69, 9.17) is 22.1 Å². The van der Waals surface area contributed by atoms with Gasteiger partial charge in [-0.15, -0.1) is 22.7 Å². The summed E-state index contributed by atoms with van der Waals surface area (Å²) in [5.74, 6) is 2.54. The van der Waals surface area contributed by atoms with E-state index in [1.54, 1.807) is 108 Å². The smallest absolute Gasteiger partial charge is 0.190 e. The highest BCUT2D eigenvalue weighted by atomic mass is 32.1. The molecule has 12 aromatic heterocycles. The van der Waals surface area contributed by atoms with Gasteiger partial charge < -0.3 is 36.6 Å². The number of nitrogens with zero attached hydrogens (tertiary/aromatic N) is 4. The molecule has 0 saturated carbocycles. The molecule has 2 N–H and O–H groups in total. The third kappa shape index (κ3) is 120. The van der Waals surface area contributed by atoms with Gasteiger partial charge in [0.2, 0.25) is 0 Å². The van der Waals surface area contributed by atoms with Crippen molar-refractivity contribution in [3.05, 3.63) is 301 Å². The van der Waals surface area contributed by atoms with E-state index in [1.807, 2.05) is 342 Å². The number of H-pyrrole nitrogens is 2. The molecule has 0 aliphatic carbocycles. The van der Waals surface area contributed by atoms with Crippen LogP contribution in [-0.2, 0) is 7.05 Å². The lowest BCUT2D eigenvalue weighted by molar-refractivity contribution is 0.521. The predicted octanol–water partition coefficient (Wildman–Crippen LogP) is 33.4. The summed E-state index contributed by atoms with van der Waals surface area (Å²) >= 11 is 6.92. The van der Waals surface area contributed by atoms with Crippen molar-refractivity contribution in [1.29, 1.82) is 0 Å². The van der Waals surface area contributed by atoms with Crippen molar-refractivity contribution in [1.82, 2.24) is 29.5 Å². The summed E-state index contributed by atoms with van der Waals surface area (Å²) in [6.07, 6.45) is 26.2. The van der Waals surface area contributed by atoms with Gasteiger partial charge >= 0.3 is 0 Å². The number of thiophene rings is 3. The molecule has 1 aromatic carbocycles. The van der Waals surface area contributed by atoms with E-state index in [-0.39, 0.29) is 0 Å². The summed E-state index contributed by atoms with van der Waals surface area (Å²) in [7, 11) is 2.00. The van der Waals surface area contributed by atoms with E-state index in [9.17, 15) is 0 Å². The molecular weight excluding hydrogens is 1370 g/mol. The number of nitrogens with one attached hydrogen (secondary N) is 2. The van der Waals surface area contributed by atoms with Gasteiger partial charge in [0.1, 0.15) is 17.8 Å². The van der Waals surface area contributed by atoms with Crippen LogP contribution in [-0.4, -0.2) is 29.5 Å². The summed E-state index contributed by atoms with van der Waals surface area (Å²) in [6.45, 7) is 76.0. The molecule has 0 amide bonds. The molecule has 602 valence electrons. The lowest BCUT2D eigenvalue weighted by Crippen LogP contribution is -1.75. The fourth-order valence-corrected chi connectivity index (χ4v) is 7.00. The van der Waals surface area contributed by atoms with E-state index in [0.29, 0.717) is 0 Å². The zero-order chi connectivity index (χ0) is 84.0. The third-order valence-electron chi connectivity index (χ3n) is 8.85. The number of oxazole rings is 2. The molecule has 0 aliphatic rings. The number of aromatic amines is 2. The first-order chi connectivity index (χ1) is 51.1. The van der Waals surface area contributed by atoms with Gasteiger partial charge in [-0.05, 0) is 204 Å². The first kappa shape index (κ1) is 127. The van der Waals surface area contributed by atoms with Crippen LogP contribution in [0, 0.1) is 83.1 Å². The highest BCUT2D eigenvalue weighted by Gasteiger charge is 1.82. The lowest BCUT2D eigenvalue weighted by atomic mass is 10.2. The van der Waals surface area contributed by atoms with Crippen LogP contribution >= 0.6 is 45.3 Å². The molecule has 12 heterocycles. The molecule has 0 aliphatic heterocycles. The van der Waals surface area contributed by atoms with Crippen molar-refractivity contribution in [3.63, 3.8) is 0 Å². The minimum atomic E-state index is 0.718. The molecule has 13 aromatic rings. The summed E-state index contributed by atoms with van der Waals surface area (Å²) in [5.41, 5.74) is 8.90. The molecule has 0 radical (unpaired) electrons. The number of rotatable bonds is 0. The number of hydrogen-bond donors (Lipinski definition) is 2. The van der Waals surface area contributed by atoms with Gasteiger partial charge in [0, 0.05) is 67.1 Å². The second-order valence-electron chi connectivity index (χ2n) is 16.6. The first-order valence-electron chi connectivity index (χ1n) is 37.9. The summed E-state index contributed by atoms with van der Waals surface area (Å²) in [5, 5.41) is 13.6. The predicted molar refractivity (Wildman–Crippen MR) is 482 cm³/mol. The van der Waals surface area contributed by atoms with Crippen molar-refractivity contribution in [2.45, 2.75) is 263 Å². The Labute approximate surface area is 664 Å². The van der Waals surface area contributed by atoms with Crippen LogP contribution in [0.25, 0.3) is 0 Å². The van der Waals surface area contributed by atoms with Crippen LogP contribution in [0.1, 0.15) is 246 Å².